The summed E-state index contributed by atoms with van der Waals surface area (Å²) in [5.41, 5.74) is 3.14. The second kappa shape index (κ2) is 7.54. The summed E-state index contributed by atoms with van der Waals surface area (Å²) in [5, 5.41) is 4.78. The third-order valence-electron chi connectivity index (χ3n) is 3.77. The van der Waals surface area contributed by atoms with Crippen molar-refractivity contribution in [2.24, 2.45) is 12.1 Å². The van der Waals surface area contributed by atoms with E-state index in [9.17, 15) is 9.59 Å². The lowest BCUT2D eigenvalue weighted by Gasteiger charge is -2.07. The van der Waals surface area contributed by atoms with Crippen LogP contribution in [-0.2, 0) is 18.3 Å². The Hall–Kier alpha value is -2.91. The molecule has 1 aromatic carbocycles. The van der Waals surface area contributed by atoms with Gasteiger partial charge in [0.2, 0.25) is 5.95 Å². The molecule has 0 unspecified atom stereocenters. The van der Waals surface area contributed by atoms with Crippen LogP contribution in [0.15, 0.2) is 39.0 Å². The van der Waals surface area contributed by atoms with E-state index in [1.165, 1.54) is 11.6 Å². The number of nitrogens with zero attached hydrogens (tertiary/aromatic N) is 4. The molecule has 136 valence electrons. The lowest BCUT2D eigenvalue weighted by Crippen LogP contribution is -2.29. The Balaban J connectivity index is 1.99. The number of benzene rings is 1. The number of halogens is 1. The zero-order chi connectivity index (χ0) is 18.7. The Bertz CT molecular complexity index is 1060. The average molecular weight is 377 g/mol. The van der Waals surface area contributed by atoms with E-state index in [2.05, 4.69) is 20.5 Å². The van der Waals surface area contributed by atoms with Gasteiger partial charge in [-0.25, -0.2) is 10.2 Å². The minimum absolute atomic E-state index is 0.263. The number of ether oxygens (including phenoxy) is 1. The van der Waals surface area contributed by atoms with E-state index in [0.29, 0.717) is 24.1 Å². The summed E-state index contributed by atoms with van der Waals surface area (Å²) in [4.78, 5) is 30.6. The molecule has 3 rings (SSSR count). The third-order valence-corrected chi connectivity index (χ3v) is 4.03. The fraction of sp³-hybridized carbons (Fsp3) is 0.250. The van der Waals surface area contributed by atoms with Gasteiger partial charge in [-0.05, 0) is 17.7 Å². The van der Waals surface area contributed by atoms with E-state index in [4.69, 9.17) is 16.3 Å². The maximum Gasteiger partial charge on any atom is 0.329 e. The van der Waals surface area contributed by atoms with Gasteiger partial charge in [-0.1, -0.05) is 23.7 Å². The molecule has 0 saturated carbocycles. The van der Waals surface area contributed by atoms with E-state index >= 15 is 0 Å². The van der Waals surface area contributed by atoms with Gasteiger partial charge in [0.05, 0.1) is 12.8 Å². The van der Waals surface area contributed by atoms with Crippen LogP contribution in [0.25, 0.3) is 11.2 Å². The summed E-state index contributed by atoms with van der Waals surface area (Å²) < 4.78 is 7.98. The highest BCUT2D eigenvalue weighted by Crippen LogP contribution is 2.15. The normalized spacial score (nSPS) is 11.5. The van der Waals surface area contributed by atoms with Crippen molar-refractivity contribution in [3.8, 4) is 0 Å². The first-order valence-corrected chi connectivity index (χ1v) is 8.12. The molecule has 0 amide bonds. The quantitative estimate of drug-likeness (QED) is 0.496. The Morgan fingerprint density at radius 1 is 1.35 bits per heavy atom. The molecule has 3 aromatic rings. The number of rotatable bonds is 6. The minimum Gasteiger partial charge on any atom is -0.383 e. The fourth-order valence-electron chi connectivity index (χ4n) is 2.43. The molecular weight excluding hydrogens is 360 g/mol. The largest absolute Gasteiger partial charge is 0.383 e. The van der Waals surface area contributed by atoms with Crippen LogP contribution in [0.1, 0.15) is 5.56 Å². The van der Waals surface area contributed by atoms with Gasteiger partial charge in [0.15, 0.2) is 11.2 Å². The van der Waals surface area contributed by atoms with E-state index in [1.807, 2.05) is 12.1 Å². The van der Waals surface area contributed by atoms with Crippen LogP contribution in [-0.4, -0.2) is 39.0 Å². The Labute approximate surface area is 152 Å². The van der Waals surface area contributed by atoms with Crippen molar-refractivity contribution in [1.29, 1.82) is 0 Å². The van der Waals surface area contributed by atoms with E-state index in [1.54, 1.807) is 30.0 Å². The first-order chi connectivity index (χ1) is 12.5. The molecule has 0 fully saturated rings. The summed E-state index contributed by atoms with van der Waals surface area (Å²) >= 11 is 5.85. The van der Waals surface area contributed by atoms with Gasteiger partial charge in [0.25, 0.3) is 5.56 Å². The van der Waals surface area contributed by atoms with Crippen LogP contribution in [0.4, 0.5) is 5.95 Å². The van der Waals surface area contributed by atoms with Gasteiger partial charge in [-0.2, -0.15) is 10.1 Å². The van der Waals surface area contributed by atoms with Gasteiger partial charge in [-0.15, -0.1) is 0 Å². The molecule has 0 spiro atoms. The molecular formula is C16H17ClN6O3. The number of nitrogens with one attached hydrogen (secondary N) is 2. The number of hydrogen-bond acceptors (Lipinski definition) is 6. The van der Waals surface area contributed by atoms with Gasteiger partial charge in [-0.3, -0.25) is 14.3 Å². The van der Waals surface area contributed by atoms with Gasteiger partial charge >= 0.3 is 5.69 Å². The van der Waals surface area contributed by atoms with Crippen molar-refractivity contribution in [3.63, 3.8) is 0 Å². The molecule has 0 aliphatic carbocycles. The number of aromatic amines is 1. The lowest BCUT2D eigenvalue weighted by molar-refractivity contribution is 0.188. The number of aryl methyl sites for hydroxylation is 1. The maximum atomic E-state index is 12.2. The molecule has 2 N–H and O–H groups in total. The zero-order valence-corrected chi connectivity index (χ0v) is 14.9. The molecule has 26 heavy (non-hydrogen) atoms. The van der Waals surface area contributed by atoms with E-state index < -0.39 is 11.2 Å². The number of methoxy groups -OCH3 is 1. The third kappa shape index (κ3) is 3.53. The van der Waals surface area contributed by atoms with Crippen LogP contribution in [0.2, 0.25) is 5.02 Å². The molecule has 9 nitrogen and oxygen atoms in total. The predicted octanol–water partition coefficient (Wildman–Crippen LogP) is 1.17. The molecule has 0 saturated heterocycles. The average Bonchev–Trinajstić information content (AvgIpc) is 2.99. The molecule has 10 heteroatoms. The number of anilines is 1. The lowest BCUT2D eigenvalue weighted by atomic mass is 10.2. The number of hydrazone groups is 1. The highest BCUT2D eigenvalue weighted by molar-refractivity contribution is 6.30. The summed E-state index contributed by atoms with van der Waals surface area (Å²) in [7, 11) is 3.10. The van der Waals surface area contributed by atoms with Crippen LogP contribution in [0.3, 0.4) is 0 Å². The van der Waals surface area contributed by atoms with E-state index in [-0.39, 0.29) is 11.2 Å². The van der Waals surface area contributed by atoms with Crippen LogP contribution < -0.4 is 16.7 Å². The molecule has 0 bridgehead atoms. The van der Waals surface area contributed by atoms with Crippen molar-refractivity contribution in [3.05, 3.63) is 55.7 Å². The molecule has 0 aliphatic rings. The van der Waals surface area contributed by atoms with Crippen molar-refractivity contribution < 1.29 is 4.74 Å². The van der Waals surface area contributed by atoms with Gasteiger partial charge < -0.3 is 9.30 Å². The molecule has 0 aliphatic heterocycles. The molecule has 2 aromatic heterocycles. The SMILES string of the molecule is COCCn1c(N/N=C\c2ccc(Cl)cc2)nc2c1c(=O)[nH]c(=O)n2C. The van der Waals surface area contributed by atoms with Crippen LogP contribution >= 0.6 is 11.6 Å². The van der Waals surface area contributed by atoms with Crippen LogP contribution in [0.5, 0.6) is 0 Å². The highest BCUT2D eigenvalue weighted by atomic mass is 35.5. The topological polar surface area (TPSA) is 106 Å². The predicted molar refractivity (Wildman–Crippen MR) is 100 cm³/mol. The van der Waals surface area contributed by atoms with E-state index in [0.717, 1.165) is 5.56 Å². The molecule has 0 atom stereocenters. The van der Waals surface area contributed by atoms with Crippen molar-refractivity contribution in [2.75, 3.05) is 19.1 Å². The van der Waals surface area contributed by atoms with Gasteiger partial charge in [0.1, 0.15) is 0 Å². The van der Waals surface area contributed by atoms with Crippen molar-refractivity contribution in [1.82, 2.24) is 19.1 Å². The second-order valence-electron chi connectivity index (χ2n) is 5.49. The standard InChI is InChI=1S/C16H17ClN6O3/c1-22-13-12(14(24)20-16(22)25)23(7-8-26-2)15(19-13)21-18-9-10-3-5-11(17)6-4-10/h3-6,9H,7-8H2,1-2H3,(H,19,21)(H,20,24,25)/b18-9-. The number of hydrogen-bond donors (Lipinski definition) is 2. The second-order valence-corrected chi connectivity index (χ2v) is 5.93. The Morgan fingerprint density at radius 3 is 2.77 bits per heavy atom. The number of fused-ring (bicyclic) bond motifs is 1. The van der Waals surface area contributed by atoms with Crippen molar-refractivity contribution >= 4 is 34.9 Å². The monoisotopic (exact) mass is 376 g/mol. The summed E-state index contributed by atoms with van der Waals surface area (Å²) in [6.07, 6.45) is 1.60. The Kier molecular flexibility index (Phi) is 5.19. The maximum absolute atomic E-state index is 12.2. The Morgan fingerprint density at radius 2 is 2.08 bits per heavy atom. The number of H-pyrrole nitrogens is 1. The summed E-state index contributed by atoms with van der Waals surface area (Å²) in [6.45, 7) is 0.733. The minimum atomic E-state index is -0.532. The summed E-state index contributed by atoms with van der Waals surface area (Å²) in [6, 6.07) is 7.14. The smallest absolute Gasteiger partial charge is 0.329 e. The molecule has 2 heterocycles. The fourth-order valence-corrected chi connectivity index (χ4v) is 2.56. The van der Waals surface area contributed by atoms with Crippen LogP contribution in [0, 0.1) is 0 Å². The zero-order valence-electron chi connectivity index (χ0n) is 14.2. The molecule has 0 radical (unpaired) electrons. The highest BCUT2D eigenvalue weighted by Gasteiger charge is 2.16. The first-order valence-electron chi connectivity index (χ1n) is 7.74. The van der Waals surface area contributed by atoms with Gasteiger partial charge in [0, 0.05) is 25.7 Å². The van der Waals surface area contributed by atoms with Crippen molar-refractivity contribution in [2.45, 2.75) is 6.54 Å². The number of imidazole rings is 1. The number of aromatic nitrogens is 4. The summed E-state index contributed by atoms with van der Waals surface area (Å²) in [5.74, 6) is 0.328. The first kappa shape index (κ1) is 17.9.